The van der Waals surface area contributed by atoms with Gasteiger partial charge in [-0.2, -0.15) is 0 Å². The van der Waals surface area contributed by atoms with E-state index in [1.165, 1.54) is 47.4 Å². The Kier molecular flexibility index (Phi) is 5.90. The molecule has 0 radical (unpaired) electrons. The highest BCUT2D eigenvalue weighted by atomic mass is 32.2. The van der Waals surface area contributed by atoms with E-state index in [4.69, 9.17) is 0 Å². The lowest BCUT2D eigenvalue weighted by Gasteiger charge is -2.04. The smallest absolute Gasteiger partial charge is 0.173 e. The molecule has 0 amide bonds. The van der Waals surface area contributed by atoms with Crippen molar-refractivity contribution in [2.45, 2.75) is 4.34 Å². The van der Waals surface area contributed by atoms with Gasteiger partial charge in [-0.15, -0.1) is 11.3 Å². The Morgan fingerprint density at radius 2 is 1.88 bits per heavy atom. The number of hydrogen-bond donors (Lipinski definition) is 1. The number of fused-ring (bicyclic) bond motifs is 2. The first kappa shape index (κ1) is 21.3. The van der Waals surface area contributed by atoms with Crippen LogP contribution in [0.3, 0.4) is 0 Å². The average Bonchev–Trinajstić information content (AvgIpc) is 3.24. The summed E-state index contributed by atoms with van der Waals surface area (Å²) >= 11 is 2.86. The molecule has 0 saturated carbocycles. The molecule has 0 aliphatic heterocycles. The minimum absolute atomic E-state index is 0.0700. The first-order valence-electron chi connectivity index (χ1n) is 10.1. The molecule has 0 spiro atoms. The van der Waals surface area contributed by atoms with E-state index in [9.17, 15) is 14.3 Å². The minimum Gasteiger partial charge on any atom is -0.507 e. The summed E-state index contributed by atoms with van der Waals surface area (Å²) in [5.41, 5.74) is 2.74. The van der Waals surface area contributed by atoms with Crippen molar-refractivity contribution < 1.29 is 14.3 Å². The summed E-state index contributed by atoms with van der Waals surface area (Å²) in [7, 11) is 0. The molecule has 0 saturated heterocycles. The van der Waals surface area contributed by atoms with Crippen LogP contribution in [0.5, 0.6) is 5.75 Å². The number of nitrogens with zero attached hydrogens (tertiary/aromatic N) is 2. The molecule has 0 fully saturated rings. The number of thioether (sulfide) groups is 1. The van der Waals surface area contributed by atoms with Crippen molar-refractivity contribution >= 4 is 61.8 Å². The van der Waals surface area contributed by atoms with Crippen molar-refractivity contribution in [2.75, 3.05) is 5.75 Å². The van der Waals surface area contributed by atoms with Gasteiger partial charge in [0.05, 0.1) is 21.7 Å². The highest BCUT2D eigenvalue weighted by Crippen LogP contribution is 2.33. The van der Waals surface area contributed by atoms with Crippen LogP contribution in [-0.2, 0) is 0 Å². The van der Waals surface area contributed by atoms with Crippen molar-refractivity contribution in [3.63, 3.8) is 0 Å². The van der Waals surface area contributed by atoms with Gasteiger partial charge in [0.15, 0.2) is 10.1 Å². The number of carbonyl (C=O) groups excluding carboxylic acids is 1. The van der Waals surface area contributed by atoms with Crippen molar-refractivity contribution in [3.05, 3.63) is 95.8 Å². The molecule has 33 heavy (non-hydrogen) atoms. The molecule has 1 heterocycles. The third-order valence-corrected chi connectivity index (χ3v) is 7.30. The zero-order valence-corrected chi connectivity index (χ0v) is 18.9. The molecule has 5 aromatic rings. The Hall–Kier alpha value is -3.55. The predicted molar refractivity (Wildman–Crippen MR) is 134 cm³/mol. The maximum absolute atomic E-state index is 13.0. The molecular weight excluding hydrogens is 455 g/mol. The largest absolute Gasteiger partial charge is 0.507 e. The number of carbonyl (C=O) groups is 1. The summed E-state index contributed by atoms with van der Waals surface area (Å²) in [6.45, 7) is 0. The number of aliphatic imine (C=N–C) groups is 1. The van der Waals surface area contributed by atoms with E-state index < -0.39 is 0 Å². The van der Waals surface area contributed by atoms with E-state index in [-0.39, 0.29) is 23.1 Å². The fraction of sp³-hybridized carbons (Fsp3) is 0.0385. The standard InChI is InChI=1S/C26H17FN2O2S2/c27-18-8-5-17(6-9-18)24(31)15-32-26-29-22-11-10-19(13-25(22)33-26)28-14-21-20-4-2-1-3-16(20)7-12-23(21)30/h1-14,30H,15H2. The normalized spacial score (nSPS) is 11.5. The minimum atomic E-state index is -0.362. The van der Waals surface area contributed by atoms with Gasteiger partial charge in [0, 0.05) is 17.3 Å². The number of aromatic nitrogens is 1. The number of aromatic hydroxyl groups is 1. The van der Waals surface area contributed by atoms with Crippen molar-refractivity contribution in [1.29, 1.82) is 0 Å². The first-order chi connectivity index (χ1) is 16.1. The Labute approximate surface area is 197 Å². The molecule has 7 heteroatoms. The average molecular weight is 473 g/mol. The summed E-state index contributed by atoms with van der Waals surface area (Å²) < 4.78 is 14.8. The Morgan fingerprint density at radius 1 is 1.06 bits per heavy atom. The van der Waals surface area contributed by atoms with Crippen LogP contribution in [0, 0.1) is 5.82 Å². The summed E-state index contributed by atoms with van der Waals surface area (Å²) in [6, 6.07) is 22.7. The van der Waals surface area contributed by atoms with Gasteiger partial charge in [-0.3, -0.25) is 9.79 Å². The quantitative estimate of drug-likeness (QED) is 0.164. The van der Waals surface area contributed by atoms with Crippen LogP contribution in [0.1, 0.15) is 15.9 Å². The Morgan fingerprint density at radius 3 is 2.73 bits per heavy atom. The van der Waals surface area contributed by atoms with E-state index in [1.807, 2.05) is 48.5 Å². The number of phenols is 1. The zero-order chi connectivity index (χ0) is 22.8. The summed E-state index contributed by atoms with van der Waals surface area (Å²) in [6.07, 6.45) is 1.68. The highest BCUT2D eigenvalue weighted by molar-refractivity contribution is 8.01. The fourth-order valence-electron chi connectivity index (χ4n) is 3.44. The van der Waals surface area contributed by atoms with Crippen LogP contribution >= 0.6 is 23.1 Å². The van der Waals surface area contributed by atoms with E-state index in [2.05, 4.69) is 9.98 Å². The van der Waals surface area contributed by atoms with Gasteiger partial charge in [0.1, 0.15) is 11.6 Å². The maximum Gasteiger partial charge on any atom is 0.173 e. The third-order valence-electron chi connectivity index (χ3n) is 5.14. The topological polar surface area (TPSA) is 62.5 Å². The van der Waals surface area contributed by atoms with Crippen LogP contribution < -0.4 is 0 Å². The molecular formula is C26H17FN2O2S2. The van der Waals surface area contributed by atoms with Gasteiger partial charge in [-0.1, -0.05) is 42.1 Å². The van der Waals surface area contributed by atoms with Gasteiger partial charge < -0.3 is 5.11 Å². The van der Waals surface area contributed by atoms with Crippen LogP contribution in [-0.4, -0.2) is 27.8 Å². The molecule has 0 bridgehead atoms. The first-order valence-corrected chi connectivity index (χ1v) is 11.9. The summed E-state index contributed by atoms with van der Waals surface area (Å²) in [5.74, 6) is -0.0173. The zero-order valence-electron chi connectivity index (χ0n) is 17.2. The molecule has 0 unspecified atom stereocenters. The Balaban J connectivity index is 1.34. The van der Waals surface area contributed by atoms with Crippen LogP contribution in [0.15, 0.2) is 88.2 Å². The molecule has 162 valence electrons. The number of Topliss-reactive ketones (excluding diaryl/α,β-unsaturated/α-hetero) is 1. The SMILES string of the molecule is O=C(CSc1nc2ccc(N=Cc3c(O)ccc4ccccc34)cc2s1)c1ccc(F)cc1. The molecule has 5 rings (SSSR count). The highest BCUT2D eigenvalue weighted by Gasteiger charge is 2.11. The van der Waals surface area contributed by atoms with Crippen LogP contribution in [0.4, 0.5) is 10.1 Å². The maximum atomic E-state index is 13.0. The van der Waals surface area contributed by atoms with Crippen molar-refractivity contribution in [2.24, 2.45) is 4.99 Å². The number of thiazole rings is 1. The van der Waals surface area contributed by atoms with E-state index in [1.54, 1.807) is 12.3 Å². The van der Waals surface area contributed by atoms with Crippen LogP contribution in [0.25, 0.3) is 21.0 Å². The molecule has 1 N–H and O–H groups in total. The lowest BCUT2D eigenvalue weighted by Crippen LogP contribution is -2.01. The summed E-state index contributed by atoms with van der Waals surface area (Å²) in [4.78, 5) is 21.5. The number of rotatable bonds is 6. The Bertz CT molecular complexity index is 1510. The molecule has 1 aromatic heterocycles. The number of ketones is 1. The second kappa shape index (κ2) is 9.13. The number of benzene rings is 4. The van der Waals surface area contributed by atoms with Crippen molar-refractivity contribution in [1.82, 2.24) is 4.98 Å². The molecule has 0 aliphatic carbocycles. The van der Waals surface area contributed by atoms with E-state index in [0.29, 0.717) is 11.1 Å². The predicted octanol–water partition coefficient (Wildman–Crippen LogP) is 7.02. The van der Waals surface area contributed by atoms with Gasteiger partial charge >= 0.3 is 0 Å². The van der Waals surface area contributed by atoms with Gasteiger partial charge in [0.25, 0.3) is 0 Å². The molecule has 0 atom stereocenters. The lowest BCUT2D eigenvalue weighted by atomic mass is 10.0. The lowest BCUT2D eigenvalue weighted by molar-refractivity contribution is 0.102. The van der Waals surface area contributed by atoms with E-state index in [0.717, 1.165) is 31.0 Å². The van der Waals surface area contributed by atoms with Gasteiger partial charge in [-0.05, 0) is 59.3 Å². The second-order valence-corrected chi connectivity index (χ2v) is 9.58. The third kappa shape index (κ3) is 4.65. The van der Waals surface area contributed by atoms with Gasteiger partial charge in [-0.25, -0.2) is 9.37 Å². The summed E-state index contributed by atoms with van der Waals surface area (Å²) in [5, 5.41) is 12.3. The van der Waals surface area contributed by atoms with E-state index >= 15 is 0 Å². The number of phenolic OH excluding ortho intramolecular Hbond substituents is 1. The monoisotopic (exact) mass is 472 g/mol. The number of halogens is 1. The van der Waals surface area contributed by atoms with Crippen LogP contribution in [0.2, 0.25) is 0 Å². The molecule has 4 nitrogen and oxygen atoms in total. The second-order valence-electron chi connectivity index (χ2n) is 7.33. The van der Waals surface area contributed by atoms with Gasteiger partial charge in [0.2, 0.25) is 0 Å². The number of hydrogen-bond acceptors (Lipinski definition) is 6. The fourth-order valence-corrected chi connectivity index (χ4v) is 5.44. The molecule has 0 aliphatic rings. The molecule has 4 aromatic carbocycles. The van der Waals surface area contributed by atoms with Crippen molar-refractivity contribution in [3.8, 4) is 5.75 Å².